The maximum atomic E-state index is 12.7. The van der Waals surface area contributed by atoms with Crippen molar-refractivity contribution in [3.05, 3.63) is 30.0 Å². The second-order valence-corrected chi connectivity index (χ2v) is 7.68. The van der Waals surface area contributed by atoms with Crippen molar-refractivity contribution >= 4 is 17.6 Å². The predicted octanol–water partition coefficient (Wildman–Crippen LogP) is 3.99. The van der Waals surface area contributed by atoms with Gasteiger partial charge < -0.3 is 15.0 Å². The highest BCUT2D eigenvalue weighted by molar-refractivity contribution is 6.08. The van der Waals surface area contributed by atoms with Crippen LogP contribution in [-0.2, 0) is 9.53 Å². The van der Waals surface area contributed by atoms with Gasteiger partial charge in [0.25, 0.3) is 0 Å². The van der Waals surface area contributed by atoms with Crippen LogP contribution in [0.2, 0.25) is 0 Å². The summed E-state index contributed by atoms with van der Waals surface area (Å²) in [6.45, 7) is 8.68. The average Bonchev–Trinajstić information content (AvgIpc) is 2.93. The molecule has 3 rings (SSSR count). The predicted molar refractivity (Wildman–Crippen MR) is 108 cm³/mol. The van der Waals surface area contributed by atoms with Crippen LogP contribution in [-0.4, -0.2) is 48.0 Å². The van der Waals surface area contributed by atoms with Crippen molar-refractivity contribution in [2.45, 2.75) is 41.0 Å². The number of H-pyrrole nitrogens is 1. The molecule has 6 heteroatoms. The standard InChI is InChI=1S/C20H27N3O3.CH4/c1-4-26-19(25)15-11-16-14(7-5-9-21-16)18(15)22-17(24)12-23-10-6-8-20(2,3)13-23;/h5,7,9,11,21H,4,6,8,10,12-13H2,1-3H3,(H,22,24);1H4. The first-order valence-electron chi connectivity index (χ1n) is 9.19. The van der Waals surface area contributed by atoms with Crippen LogP contribution in [0, 0.1) is 5.41 Å². The molecule has 0 spiro atoms. The molecule has 0 bridgehead atoms. The topological polar surface area (TPSA) is 74.4 Å². The Morgan fingerprint density at radius 1 is 1.37 bits per heavy atom. The van der Waals surface area contributed by atoms with Gasteiger partial charge in [0.1, 0.15) is 0 Å². The molecule has 1 aliphatic carbocycles. The number of likely N-dealkylation sites (tertiary alicyclic amines) is 1. The first-order valence-corrected chi connectivity index (χ1v) is 9.19. The second-order valence-electron chi connectivity index (χ2n) is 7.68. The van der Waals surface area contributed by atoms with Crippen LogP contribution in [0.4, 0.5) is 5.69 Å². The van der Waals surface area contributed by atoms with E-state index in [-0.39, 0.29) is 18.7 Å². The van der Waals surface area contributed by atoms with Gasteiger partial charge in [-0.05, 0) is 49.9 Å². The maximum Gasteiger partial charge on any atom is 0.340 e. The average molecular weight is 373 g/mol. The summed E-state index contributed by atoms with van der Waals surface area (Å²) in [7, 11) is 0. The third-order valence-electron chi connectivity index (χ3n) is 4.82. The summed E-state index contributed by atoms with van der Waals surface area (Å²) in [5, 5.41) is 2.95. The smallest absolute Gasteiger partial charge is 0.340 e. The van der Waals surface area contributed by atoms with Crippen molar-refractivity contribution in [3.8, 4) is 11.3 Å². The Morgan fingerprint density at radius 2 is 2.15 bits per heavy atom. The van der Waals surface area contributed by atoms with Crippen molar-refractivity contribution in [1.82, 2.24) is 9.88 Å². The number of aromatic amines is 1. The zero-order valence-corrected chi connectivity index (χ0v) is 15.7. The van der Waals surface area contributed by atoms with E-state index < -0.39 is 5.97 Å². The molecule has 0 radical (unpaired) electrons. The van der Waals surface area contributed by atoms with E-state index in [1.807, 2.05) is 12.1 Å². The van der Waals surface area contributed by atoms with E-state index in [9.17, 15) is 9.59 Å². The van der Waals surface area contributed by atoms with Crippen LogP contribution in [0.5, 0.6) is 0 Å². The van der Waals surface area contributed by atoms with Crippen molar-refractivity contribution < 1.29 is 14.3 Å². The van der Waals surface area contributed by atoms with Gasteiger partial charge in [0.05, 0.1) is 24.4 Å². The molecule has 148 valence electrons. The molecule has 3 aliphatic rings. The third-order valence-corrected chi connectivity index (χ3v) is 4.82. The lowest BCUT2D eigenvalue weighted by atomic mass is 9.84. The Bertz CT molecular complexity index is 766. The van der Waals surface area contributed by atoms with Crippen LogP contribution in [0.15, 0.2) is 24.4 Å². The molecule has 2 heterocycles. The number of carbonyl (C=O) groups is 2. The molecule has 1 fully saturated rings. The van der Waals surface area contributed by atoms with E-state index in [1.54, 1.807) is 19.2 Å². The van der Waals surface area contributed by atoms with Crippen molar-refractivity contribution in [2.75, 3.05) is 31.6 Å². The fourth-order valence-corrected chi connectivity index (χ4v) is 3.71. The molecular formula is C21H31N3O3. The van der Waals surface area contributed by atoms with Crippen molar-refractivity contribution in [3.63, 3.8) is 0 Å². The molecule has 1 saturated heterocycles. The summed E-state index contributed by atoms with van der Waals surface area (Å²) >= 11 is 0. The Hall–Kier alpha value is -2.34. The molecule has 2 N–H and O–H groups in total. The highest BCUT2D eigenvalue weighted by atomic mass is 16.5. The number of carbonyl (C=O) groups excluding carboxylic acids is 2. The number of amides is 1. The van der Waals surface area contributed by atoms with Crippen LogP contribution >= 0.6 is 0 Å². The van der Waals surface area contributed by atoms with Gasteiger partial charge in [-0.1, -0.05) is 21.3 Å². The number of esters is 1. The molecule has 0 unspecified atom stereocenters. The zero-order chi connectivity index (χ0) is 18.7. The van der Waals surface area contributed by atoms with Crippen LogP contribution in [0.1, 0.15) is 51.4 Å². The summed E-state index contributed by atoms with van der Waals surface area (Å²) in [4.78, 5) is 30.2. The number of ether oxygens (including phenoxy) is 1. The molecule has 0 aromatic carbocycles. The number of anilines is 1. The molecule has 0 saturated carbocycles. The molecule has 2 aliphatic heterocycles. The molecule has 6 nitrogen and oxygen atoms in total. The number of aromatic nitrogens is 1. The first kappa shape index (κ1) is 21.0. The maximum absolute atomic E-state index is 12.7. The first-order chi connectivity index (χ1) is 12.4. The van der Waals surface area contributed by atoms with Crippen LogP contribution < -0.4 is 5.32 Å². The molecule has 0 atom stereocenters. The summed E-state index contributed by atoms with van der Waals surface area (Å²) in [6, 6.07) is 5.46. The van der Waals surface area contributed by atoms with Crippen molar-refractivity contribution in [2.24, 2.45) is 5.41 Å². The lowest BCUT2D eigenvalue weighted by Gasteiger charge is -2.37. The Kier molecular flexibility index (Phi) is 6.65. The molecule has 1 amide bonds. The fraction of sp³-hybridized carbons (Fsp3) is 0.524. The Labute approximate surface area is 161 Å². The number of hydrogen-bond acceptors (Lipinski definition) is 4. The van der Waals surface area contributed by atoms with Gasteiger partial charge >= 0.3 is 5.97 Å². The quantitative estimate of drug-likeness (QED) is 0.777. The number of pyridine rings is 1. The SMILES string of the molecule is C.CCOC(=O)c1cc2[nH]cccc-2c1NC(=O)CN1CCCC(C)(C)C1. The summed E-state index contributed by atoms with van der Waals surface area (Å²) < 4.78 is 5.14. The number of hydrogen-bond donors (Lipinski definition) is 2. The summed E-state index contributed by atoms with van der Waals surface area (Å²) in [5.74, 6) is -0.531. The number of nitrogens with zero attached hydrogens (tertiary/aromatic N) is 1. The molecular weight excluding hydrogens is 342 g/mol. The van der Waals surface area contributed by atoms with Crippen LogP contribution in [0.3, 0.4) is 0 Å². The van der Waals surface area contributed by atoms with E-state index in [2.05, 4.69) is 29.0 Å². The van der Waals surface area contributed by atoms with Gasteiger partial charge in [-0.3, -0.25) is 9.69 Å². The van der Waals surface area contributed by atoms with Gasteiger partial charge in [0.2, 0.25) is 5.91 Å². The van der Waals surface area contributed by atoms with Crippen LogP contribution in [0.25, 0.3) is 11.3 Å². The minimum Gasteiger partial charge on any atom is -0.462 e. The number of piperidine rings is 1. The Morgan fingerprint density at radius 3 is 2.85 bits per heavy atom. The molecule has 0 aromatic rings. The van der Waals surface area contributed by atoms with Gasteiger partial charge in [0.15, 0.2) is 0 Å². The third kappa shape index (κ3) is 4.89. The van der Waals surface area contributed by atoms with Gasteiger partial charge in [-0.25, -0.2) is 4.79 Å². The number of fused-ring (bicyclic) bond motifs is 1. The zero-order valence-electron chi connectivity index (χ0n) is 15.7. The van der Waals surface area contributed by atoms with Gasteiger partial charge in [0, 0.05) is 24.0 Å². The number of rotatable bonds is 5. The van der Waals surface area contributed by atoms with E-state index in [0.29, 0.717) is 24.4 Å². The molecule has 0 aromatic heterocycles. The van der Waals surface area contributed by atoms with Crippen molar-refractivity contribution in [1.29, 1.82) is 0 Å². The van der Waals surface area contributed by atoms with E-state index >= 15 is 0 Å². The largest absolute Gasteiger partial charge is 0.462 e. The van der Waals surface area contributed by atoms with E-state index in [4.69, 9.17) is 4.74 Å². The normalized spacial score (nSPS) is 16.6. The second kappa shape index (κ2) is 8.57. The highest BCUT2D eigenvalue weighted by Gasteiger charge is 2.28. The number of nitrogens with one attached hydrogen (secondary N) is 2. The lowest BCUT2D eigenvalue weighted by Crippen LogP contribution is -2.43. The van der Waals surface area contributed by atoms with E-state index in [0.717, 1.165) is 30.8 Å². The minimum absolute atomic E-state index is 0. The monoisotopic (exact) mass is 373 g/mol. The fourth-order valence-electron chi connectivity index (χ4n) is 3.71. The summed E-state index contributed by atoms with van der Waals surface area (Å²) in [5.41, 5.74) is 2.75. The van der Waals surface area contributed by atoms with E-state index in [1.165, 1.54) is 6.42 Å². The lowest BCUT2D eigenvalue weighted by molar-refractivity contribution is -0.118. The summed E-state index contributed by atoms with van der Waals surface area (Å²) in [6.07, 6.45) is 4.07. The molecule has 27 heavy (non-hydrogen) atoms. The van der Waals surface area contributed by atoms with Gasteiger partial charge in [-0.2, -0.15) is 0 Å². The minimum atomic E-state index is -0.425. The Balaban J connectivity index is 0.00000261. The van der Waals surface area contributed by atoms with Gasteiger partial charge in [-0.15, -0.1) is 0 Å². The highest BCUT2D eigenvalue weighted by Crippen LogP contribution is 2.35.